The minimum atomic E-state index is -0.598. The van der Waals surface area contributed by atoms with Crippen molar-refractivity contribution in [2.24, 2.45) is 0 Å². The smallest absolute Gasteiger partial charge is 0.243 e. The average molecular weight is 554 g/mol. The largest absolute Gasteiger partial charge is 0.352 e. The summed E-state index contributed by atoms with van der Waals surface area (Å²) in [6.45, 7) is 4.41. The van der Waals surface area contributed by atoms with Gasteiger partial charge in [-0.3, -0.25) is 9.59 Å². The average Bonchev–Trinajstić information content (AvgIpc) is 2.87. The van der Waals surface area contributed by atoms with Crippen LogP contribution in [0.1, 0.15) is 37.8 Å². The van der Waals surface area contributed by atoms with Gasteiger partial charge in [0.1, 0.15) is 6.04 Å². The van der Waals surface area contributed by atoms with Crippen molar-refractivity contribution >= 4 is 39.5 Å². The van der Waals surface area contributed by atoms with E-state index in [-0.39, 0.29) is 17.9 Å². The third kappa shape index (κ3) is 8.86. The van der Waals surface area contributed by atoms with E-state index < -0.39 is 6.04 Å². The molecule has 2 unspecified atom stereocenters. The van der Waals surface area contributed by atoms with E-state index in [1.807, 2.05) is 98.8 Å². The fourth-order valence-electron chi connectivity index (χ4n) is 3.74. The van der Waals surface area contributed by atoms with Crippen molar-refractivity contribution in [3.63, 3.8) is 0 Å². The van der Waals surface area contributed by atoms with E-state index in [4.69, 9.17) is 0 Å². The number of hydrogen-bond donors (Lipinski definition) is 1. The number of nitrogens with one attached hydrogen (secondary N) is 1. The molecule has 0 saturated heterocycles. The van der Waals surface area contributed by atoms with Crippen molar-refractivity contribution in [2.45, 2.75) is 56.6 Å². The molecule has 3 aromatic carbocycles. The standard InChI is InChI=1S/C29H33BrN2O2S/c1-3-22(2)31-29(34)27(20-23-11-6-4-7-12-23)32(21-24-13-10-14-25(30)19-24)28(33)17-18-35-26-15-8-5-9-16-26/h4-16,19,22,27H,3,17-18,20-21H2,1-2H3,(H,31,34). The minimum absolute atomic E-state index is 0.0198. The topological polar surface area (TPSA) is 49.4 Å². The number of rotatable bonds is 12. The first-order chi connectivity index (χ1) is 17.0. The van der Waals surface area contributed by atoms with E-state index in [1.54, 1.807) is 16.7 Å². The number of carbonyl (C=O) groups excluding carboxylic acids is 2. The lowest BCUT2D eigenvalue weighted by Crippen LogP contribution is -2.52. The SMILES string of the molecule is CCC(C)NC(=O)C(Cc1ccccc1)N(Cc1cccc(Br)c1)C(=O)CCSc1ccccc1. The van der Waals surface area contributed by atoms with Crippen LogP contribution in [-0.2, 0) is 22.6 Å². The van der Waals surface area contributed by atoms with Gasteiger partial charge in [-0.25, -0.2) is 0 Å². The highest BCUT2D eigenvalue weighted by molar-refractivity contribution is 9.10. The van der Waals surface area contributed by atoms with Crippen LogP contribution in [0, 0.1) is 0 Å². The Bertz CT molecular complexity index is 1080. The highest BCUT2D eigenvalue weighted by Gasteiger charge is 2.30. The predicted molar refractivity (Wildman–Crippen MR) is 148 cm³/mol. The highest BCUT2D eigenvalue weighted by atomic mass is 79.9. The first kappa shape index (κ1) is 27.0. The number of thioether (sulfide) groups is 1. The van der Waals surface area contributed by atoms with Gasteiger partial charge in [-0.05, 0) is 48.7 Å². The van der Waals surface area contributed by atoms with E-state index in [0.29, 0.717) is 25.1 Å². The normalized spacial score (nSPS) is 12.5. The molecule has 0 radical (unpaired) electrons. The Morgan fingerprint density at radius 3 is 2.26 bits per heavy atom. The predicted octanol–water partition coefficient (Wildman–Crippen LogP) is 6.49. The summed E-state index contributed by atoms with van der Waals surface area (Å²) >= 11 is 5.19. The van der Waals surface area contributed by atoms with Gasteiger partial charge in [0.05, 0.1) is 0 Å². The van der Waals surface area contributed by atoms with Gasteiger partial charge in [0.25, 0.3) is 0 Å². The van der Waals surface area contributed by atoms with Gasteiger partial charge in [-0.1, -0.05) is 83.5 Å². The van der Waals surface area contributed by atoms with E-state index in [9.17, 15) is 9.59 Å². The second-order valence-electron chi connectivity index (χ2n) is 8.59. The van der Waals surface area contributed by atoms with Gasteiger partial charge >= 0.3 is 0 Å². The number of amides is 2. The van der Waals surface area contributed by atoms with Crippen LogP contribution >= 0.6 is 27.7 Å². The Morgan fingerprint density at radius 1 is 0.943 bits per heavy atom. The van der Waals surface area contributed by atoms with Crippen LogP contribution < -0.4 is 5.32 Å². The molecule has 1 N–H and O–H groups in total. The van der Waals surface area contributed by atoms with Crippen molar-refractivity contribution in [3.8, 4) is 0 Å². The van der Waals surface area contributed by atoms with Crippen LogP contribution in [0.15, 0.2) is 94.3 Å². The summed E-state index contributed by atoms with van der Waals surface area (Å²) in [7, 11) is 0. The van der Waals surface area contributed by atoms with Gasteiger partial charge in [-0.15, -0.1) is 11.8 Å². The lowest BCUT2D eigenvalue weighted by Gasteiger charge is -2.32. The maximum Gasteiger partial charge on any atom is 0.243 e. The zero-order chi connectivity index (χ0) is 25.0. The van der Waals surface area contributed by atoms with Crippen LogP contribution in [0.4, 0.5) is 0 Å². The molecule has 0 fully saturated rings. The maximum absolute atomic E-state index is 13.6. The first-order valence-corrected chi connectivity index (χ1v) is 13.8. The summed E-state index contributed by atoms with van der Waals surface area (Å²) in [5.74, 6) is 0.527. The Kier molecular flexibility index (Phi) is 10.9. The molecule has 0 aromatic heterocycles. The molecule has 0 bridgehead atoms. The highest BCUT2D eigenvalue weighted by Crippen LogP contribution is 2.22. The zero-order valence-corrected chi connectivity index (χ0v) is 22.7. The Hall–Kier alpha value is -2.57. The van der Waals surface area contributed by atoms with E-state index in [2.05, 4.69) is 21.2 Å². The molecule has 0 aliphatic rings. The Morgan fingerprint density at radius 2 is 1.60 bits per heavy atom. The quantitative estimate of drug-likeness (QED) is 0.261. The third-order valence-corrected chi connectivity index (χ3v) is 7.35. The molecule has 4 nitrogen and oxygen atoms in total. The summed E-state index contributed by atoms with van der Waals surface area (Å²) in [5.41, 5.74) is 2.01. The Balaban J connectivity index is 1.86. The molecule has 0 aliphatic carbocycles. The van der Waals surface area contributed by atoms with Crippen LogP contribution in [-0.4, -0.2) is 34.6 Å². The molecule has 0 saturated carbocycles. The van der Waals surface area contributed by atoms with Crippen LogP contribution in [0.5, 0.6) is 0 Å². The minimum Gasteiger partial charge on any atom is -0.352 e. The molecule has 2 amide bonds. The van der Waals surface area contributed by atoms with Gasteiger partial charge < -0.3 is 10.2 Å². The fraction of sp³-hybridized carbons (Fsp3) is 0.310. The van der Waals surface area contributed by atoms with E-state index in [1.165, 1.54) is 0 Å². The van der Waals surface area contributed by atoms with Crippen molar-refractivity contribution in [1.29, 1.82) is 0 Å². The molecular formula is C29H33BrN2O2S. The Labute approximate surface area is 221 Å². The van der Waals surface area contributed by atoms with E-state index >= 15 is 0 Å². The molecule has 2 atom stereocenters. The molecule has 0 aliphatic heterocycles. The number of benzene rings is 3. The molecule has 6 heteroatoms. The van der Waals surface area contributed by atoms with Gasteiger partial charge in [0.15, 0.2) is 0 Å². The zero-order valence-electron chi connectivity index (χ0n) is 20.3. The van der Waals surface area contributed by atoms with Crippen molar-refractivity contribution in [2.75, 3.05) is 5.75 Å². The molecule has 35 heavy (non-hydrogen) atoms. The lowest BCUT2D eigenvalue weighted by atomic mass is 10.0. The summed E-state index contributed by atoms with van der Waals surface area (Å²) in [6, 6.07) is 27.4. The molecule has 3 rings (SSSR count). The van der Waals surface area contributed by atoms with Gasteiger partial charge in [-0.2, -0.15) is 0 Å². The second kappa shape index (κ2) is 14.1. The number of hydrogen-bond acceptors (Lipinski definition) is 3. The van der Waals surface area contributed by atoms with E-state index in [0.717, 1.165) is 26.9 Å². The number of halogens is 1. The first-order valence-electron chi connectivity index (χ1n) is 12.0. The molecule has 0 spiro atoms. The van der Waals surface area contributed by atoms with Crippen LogP contribution in [0.25, 0.3) is 0 Å². The summed E-state index contributed by atoms with van der Waals surface area (Å²) in [6.07, 6.45) is 1.65. The fourth-order valence-corrected chi connectivity index (χ4v) is 5.05. The van der Waals surface area contributed by atoms with Crippen molar-refractivity contribution < 1.29 is 9.59 Å². The number of nitrogens with zero attached hydrogens (tertiary/aromatic N) is 1. The summed E-state index contributed by atoms with van der Waals surface area (Å²) in [4.78, 5) is 30.0. The third-order valence-electron chi connectivity index (χ3n) is 5.84. The van der Waals surface area contributed by atoms with Crippen molar-refractivity contribution in [3.05, 3.63) is 101 Å². The second-order valence-corrected chi connectivity index (χ2v) is 10.7. The van der Waals surface area contributed by atoms with Gasteiger partial charge in [0.2, 0.25) is 11.8 Å². The van der Waals surface area contributed by atoms with Crippen LogP contribution in [0.3, 0.4) is 0 Å². The number of carbonyl (C=O) groups is 2. The van der Waals surface area contributed by atoms with Gasteiger partial charge in [0, 0.05) is 40.5 Å². The summed E-state index contributed by atoms with van der Waals surface area (Å²) in [5, 5.41) is 3.12. The molecule has 0 heterocycles. The molecular weight excluding hydrogens is 520 g/mol. The molecule has 184 valence electrons. The van der Waals surface area contributed by atoms with Crippen molar-refractivity contribution in [1.82, 2.24) is 10.2 Å². The molecule has 3 aromatic rings. The summed E-state index contributed by atoms with van der Waals surface area (Å²) < 4.78 is 0.950. The van der Waals surface area contributed by atoms with Crippen LogP contribution in [0.2, 0.25) is 0 Å². The lowest BCUT2D eigenvalue weighted by molar-refractivity contribution is -0.141. The monoisotopic (exact) mass is 552 g/mol. The maximum atomic E-state index is 13.6.